The molecular weight excluding hydrogens is 360 g/mol. The number of carbonyl (C=O) groups is 3. The normalized spacial score (nSPS) is 10.8. The molecule has 0 spiro atoms. The van der Waals surface area contributed by atoms with E-state index in [2.05, 4.69) is 15.4 Å². The Kier molecular flexibility index (Phi) is 6.92. The summed E-state index contributed by atoms with van der Waals surface area (Å²) in [5.41, 5.74) is 3.01. The van der Waals surface area contributed by atoms with Crippen LogP contribution in [-0.4, -0.2) is 32.1 Å². The average molecular weight is 382 g/mol. The highest BCUT2D eigenvalue weighted by atomic mass is 16.5. The predicted molar refractivity (Wildman–Crippen MR) is 106 cm³/mol. The Balaban J connectivity index is 2.37. The number of amides is 1. The first kappa shape index (κ1) is 20.7. The lowest BCUT2D eigenvalue weighted by atomic mass is 10.1. The second-order valence-electron chi connectivity index (χ2n) is 6.02. The first-order valence-corrected chi connectivity index (χ1v) is 8.48. The summed E-state index contributed by atoms with van der Waals surface area (Å²) < 4.78 is 9.27. The molecule has 0 heterocycles. The van der Waals surface area contributed by atoms with Crippen molar-refractivity contribution in [1.82, 2.24) is 0 Å². The van der Waals surface area contributed by atoms with Gasteiger partial charge in [-0.25, -0.2) is 9.59 Å². The average Bonchev–Trinajstić information content (AvgIpc) is 2.68. The van der Waals surface area contributed by atoms with Crippen LogP contribution in [0.1, 0.15) is 21.5 Å². The zero-order valence-corrected chi connectivity index (χ0v) is 16.2. The van der Waals surface area contributed by atoms with Gasteiger partial charge >= 0.3 is 11.9 Å². The monoisotopic (exact) mass is 382 g/mol. The molecule has 146 valence electrons. The van der Waals surface area contributed by atoms with Gasteiger partial charge in [0.2, 0.25) is 0 Å². The molecule has 0 aliphatic heterocycles. The summed E-state index contributed by atoms with van der Waals surface area (Å²) in [5, 5.41) is 5.67. The molecule has 2 rings (SSSR count). The molecule has 7 heteroatoms. The second kappa shape index (κ2) is 9.36. The van der Waals surface area contributed by atoms with Crippen molar-refractivity contribution in [2.75, 3.05) is 24.9 Å². The Hall–Kier alpha value is -3.61. The molecule has 2 aromatic carbocycles. The molecule has 0 atom stereocenters. The smallest absolute Gasteiger partial charge is 0.354 e. The van der Waals surface area contributed by atoms with Crippen molar-refractivity contribution in [2.45, 2.75) is 13.8 Å². The maximum Gasteiger partial charge on any atom is 0.354 e. The minimum absolute atomic E-state index is 0.119. The van der Waals surface area contributed by atoms with Gasteiger partial charge in [0.1, 0.15) is 5.70 Å². The zero-order valence-electron chi connectivity index (χ0n) is 16.2. The van der Waals surface area contributed by atoms with E-state index in [-0.39, 0.29) is 11.6 Å². The number of carbonyl (C=O) groups excluding carboxylic acids is 3. The molecule has 2 aromatic rings. The molecule has 0 saturated heterocycles. The van der Waals surface area contributed by atoms with Crippen LogP contribution in [0.4, 0.5) is 11.4 Å². The quantitative estimate of drug-likeness (QED) is 0.589. The third-order valence-electron chi connectivity index (χ3n) is 3.95. The Morgan fingerprint density at radius 1 is 0.893 bits per heavy atom. The number of aryl methyl sites for hydroxylation is 2. The molecule has 0 aromatic heterocycles. The van der Waals surface area contributed by atoms with Crippen molar-refractivity contribution >= 4 is 29.2 Å². The van der Waals surface area contributed by atoms with Crippen LogP contribution in [0.3, 0.4) is 0 Å². The van der Waals surface area contributed by atoms with Crippen molar-refractivity contribution in [2.24, 2.45) is 0 Å². The van der Waals surface area contributed by atoms with Gasteiger partial charge in [0, 0.05) is 5.56 Å². The number of esters is 2. The predicted octanol–water partition coefficient (Wildman–Crippen LogP) is 3.20. The maximum absolute atomic E-state index is 12.7. The van der Waals surface area contributed by atoms with Crippen molar-refractivity contribution < 1.29 is 23.9 Å². The van der Waals surface area contributed by atoms with Gasteiger partial charge < -0.3 is 20.1 Å². The molecule has 1 amide bonds. The van der Waals surface area contributed by atoms with Gasteiger partial charge in [-0.1, -0.05) is 24.3 Å². The van der Waals surface area contributed by atoms with Gasteiger partial charge in [0.15, 0.2) is 0 Å². The van der Waals surface area contributed by atoms with Crippen molar-refractivity contribution in [3.63, 3.8) is 0 Å². The molecule has 28 heavy (non-hydrogen) atoms. The zero-order chi connectivity index (χ0) is 20.7. The lowest BCUT2D eigenvalue weighted by molar-refractivity contribution is -0.138. The van der Waals surface area contributed by atoms with Gasteiger partial charge in [-0.05, 0) is 43.2 Å². The third-order valence-corrected chi connectivity index (χ3v) is 3.95. The van der Waals surface area contributed by atoms with Crippen LogP contribution in [-0.2, 0) is 19.1 Å². The van der Waals surface area contributed by atoms with Crippen molar-refractivity contribution in [3.05, 3.63) is 70.9 Å². The number of rotatable bonds is 6. The van der Waals surface area contributed by atoms with Crippen LogP contribution in [0.5, 0.6) is 0 Å². The van der Waals surface area contributed by atoms with Gasteiger partial charge in [-0.3, -0.25) is 4.79 Å². The van der Waals surface area contributed by atoms with Crippen LogP contribution in [0.25, 0.3) is 0 Å². The van der Waals surface area contributed by atoms with Gasteiger partial charge in [-0.15, -0.1) is 0 Å². The van der Waals surface area contributed by atoms with E-state index in [1.54, 1.807) is 24.3 Å². The highest BCUT2D eigenvalue weighted by molar-refractivity contribution is 6.07. The molecule has 0 unspecified atom stereocenters. The summed E-state index contributed by atoms with van der Waals surface area (Å²) in [6.45, 7) is 3.71. The highest BCUT2D eigenvalue weighted by Crippen LogP contribution is 2.26. The summed E-state index contributed by atoms with van der Waals surface area (Å²) in [5.74, 6) is -1.75. The number of nitrogens with one attached hydrogen (secondary N) is 2. The third kappa shape index (κ3) is 5.20. The largest absolute Gasteiger partial charge is 0.466 e. The number of ether oxygens (including phenoxy) is 2. The molecule has 0 radical (unpaired) electrons. The van der Waals surface area contributed by atoms with Crippen LogP contribution >= 0.6 is 0 Å². The lowest BCUT2D eigenvalue weighted by Gasteiger charge is -2.16. The molecule has 2 N–H and O–H groups in total. The Labute approximate surface area is 163 Å². The first-order chi connectivity index (χ1) is 13.3. The second-order valence-corrected chi connectivity index (χ2v) is 6.02. The van der Waals surface area contributed by atoms with Crippen LogP contribution < -0.4 is 10.6 Å². The maximum atomic E-state index is 12.7. The Morgan fingerprint density at radius 2 is 1.61 bits per heavy atom. The molecule has 0 saturated carbocycles. The van der Waals surface area contributed by atoms with Gasteiger partial charge in [-0.2, -0.15) is 0 Å². The van der Waals surface area contributed by atoms with Crippen molar-refractivity contribution in [1.29, 1.82) is 0 Å². The summed E-state index contributed by atoms with van der Waals surface area (Å²) in [6.07, 6.45) is 0.987. The molecule has 0 aliphatic rings. The van der Waals surface area contributed by atoms with E-state index < -0.39 is 11.9 Å². The SMILES string of the molecule is COC(=O)/C=C(/Nc1cc(C)ccc1NC(=O)c1ccccc1C)C(=O)OC. The van der Waals surface area contributed by atoms with Crippen molar-refractivity contribution in [3.8, 4) is 0 Å². The number of benzene rings is 2. The molecule has 0 aliphatic carbocycles. The summed E-state index contributed by atoms with van der Waals surface area (Å²) >= 11 is 0. The summed E-state index contributed by atoms with van der Waals surface area (Å²) in [6, 6.07) is 12.5. The highest BCUT2D eigenvalue weighted by Gasteiger charge is 2.16. The van der Waals surface area contributed by atoms with E-state index in [9.17, 15) is 14.4 Å². The molecular formula is C21H22N2O5. The number of anilines is 2. The van der Waals surface area contributed by atoms with E-state index in [4.69, 9.17) is 4.74 Å². The van der Waals surface area contributed by atoms with Crippen LogP contribution in [0.2, 0.25) is 0 Å². The lowest BCUT2D eigenvalue weighted by Crippen LogP contribution is -2.18. The van der Waals surface area contributed by atoms with Crippen LogP contribution in [0.15, 0.2) is 54.2 Å². The van der Waals surface area contributed by atoms with Gasteiger partial charge in [0.05, 0.1) is 31.7 Å². The summed E-state index contributed by atoms with van der Waals surface area (Å²) in [4.78, 5) is 36.2. The van der Waals surface area contributed by atoms with E-state index in [1.165, 1.54) is 14.2 Å². The fourth-order valence-electron chi connectivity index (χ4n) is 2.47. The fourth-order valence-corrected chi connectivity index (χ4v) is 2.47. The Morgan fingerprint density at radius 3 is 2.25 bits per heavy atom. The van der Waals surface area contributed by atoms with E-state index in [1.807, 2.05) is 32.0 Å². The number of hydrogen-bond acceptors (Lipinski definition) is 6. The Bertz CT molecular complexity index is 934. The molecule has 0 fully saturated rings. The number of methoxy groups -OCH3 is 2. The standard InChI is InChI=1S/C21H22N2O5/c1-13-9-10-16(23-20(25)15-8-6-5-7-14(15)2)17(11-13)22-18(21(26)28-4)12-19(24)27-3/h5-12,22H,1-4H3,(H,23,25)/b18-12+. The molecule has 0 bridgehead atoms. The van der Waals surface area contributed by atoms with E-state index in [0.29, 0.717) is 16.9 Å². The van der Waals surface area contributed by atoms with E-state index >= 15 is 0 Å². The summed E-state index contributed by atoms with van der Waals surface area (Å²) in [7, 11) is 2.40. The fraction of sp³-hybridized carbons (Fsp3) is 0.190. The van der Waals surface area contributed by atoms with E-state index in [0.717, 1.165) is 17.2 Å². The topological polar surface area (TPSA) is 93.7 Å². The number of hydrogen-bond donors (Lipinski definition) is 2. The minimum Gasteiger partial charge on any atom is -0.466 e. The van der Waals surface area contributed by atoms with Gasteiger partial charge in [0.25, 0.3) is 5.91 Å². The first-order valence-electron chi connectivity index (χ1n) is 8.48. The minimum atomic E-state index is -0.747. The van der Waals surface area contributed by atoms with Crippen LogP contribution in [0, 0.1) is 13.8 Å². The molecule has 7 nitrogen and oxygen atoms in total.